The fourth-order valence-corrected chi connectivity index (χ4v) is 3.94. The summed E-state index contributed by atoms with van der Waals surface area (Å²) in [5, 5.41) is 8.26. The molecule has 0 bridgehead atoms. The number of halogens is 1. The van der Waals surface area contributed by atoms with Crippen LogP contribution in [0.3, 0.4) is 0 Å². The number of aromatic amines is 1. The molecule has 3 aromatic rings. The number of piperazine rings is 1. The first-order valence-corrected chi connectivity index (χ1v) is 11.9. The molecule has 4 rings (SSSR count). The van der Waals surface area contributed by atoms with E-state index >= 15 is 0 Å². The predicted octanol–water partition coefficient (Wildman–Crippen LogP) is 3.43. The van der Waals surface area contributed by atoms with Crippen LogP contribution in [-0.2, 0) is 11.2 Å². The number of nitrogens with zero attached hydrogens (tertiary/aromatic N) is 4. The van der Waals surface area contributed by atoms with Gasteiger partial charge in [-0.05, 0) is 49.7 Å². The van der Waals surface area contributed by atoms with Crippen LogP contribution in [0.4, 0.5) is 10.1 Å². The van der Waals surface area contributed by atoms with Gasteiger partial charge in [0.25, 0.3) is 5.56 Å². The Morgan fingerprint density at radius 3 is 2.54 bits per heavy atom. The van der Waals surface area contributed by atoms with Crippen LogP contribution in [0.5, 0.6) is 5.75 Å². The SMILES string of the molecule is CCC(C)Oc1cccc(-c2nnc(CCC(=O)N3CCN(c4ccc(F)cc4)CC3)c(=O)[nH]2)c1. The molecule has 1 unspecified atom stereocenters. The Morgan fingerprint density at radius 2 is 1.86 bits per heavy atom. The molecule has 1 amide bonds. The van der Waals surface area contributed by atoms with E-state index in [1.807, 2.05) is 31.2 Å². The van der Waals surface area contributed by atoms with Crippen molar-refractivity contribution in [2.45, 2.75) is 39.2 Å². The van der Waals surface area contributed by atoms with Gasteiger partial charge in [-0.25, -0.2) is 4.39 Å². The highest BCUT2D eigenvalue weighted by Gasteiger charge is 2.22. The fraction of sp³-hybridized carbons (Fsp3) is 0.385. The maximum absolute atomic E-state index is 13.1. The number of anilines is 1. The van der Waals surface area contributed by atoms with Gasteiger partial charge in [-0.1, -0.05) is 19.1 Å². The number of nitrogens with one attached hydrogen (secondary N) is 1. The Kier molecular flexibility index (Phi) is 7.74. The Balaban J connectivity index is 1.32. The van der Waals surface area contributed by atoms with Gasteiger partial charge < -0.3 is 19.5 Å². The molecule has 8 nitrogen and oxygen atoms in total. The normalized spacial score (nSPS) is 14.6. The molecule has 184 valence electrons. The van der Waals surface area contributed by atoms with Gasteiger partial charge in [0.1, 0.15) is 17.3 Å². The van der Waals surface area contributed by atoms with E-state index in [1.165, 1.54) is 12.1 Å². The topological polar surface area (TPSA) is 91.4 Å². The van der Waals surface area contributed by atoms with Crippen molar-refractivity contribution < 1.29 is 13.9 Å². The number of aromatic nitrogens is 3. The monoisotopic (exact) mass is 479 g/mol. The van der Waals surface area contributed by atoms with E-state index in [-0.39, 0.29) is 41.9 Å². The number of hydrogen-bond donors (Lipinski definition) is 1. The van der Waals surface area contributed by atoms with Crippen molar-refractivity contribution in [1.82, 2.24) is 20.1 Å². The molecule has 0 spiro atoms. The summed E-state index contributed by atoms with van der Waals surface area (Å²) in [6.45, 7) is 6.54. The van der Waals surface area contributed by atoms with E-state index in [1.54, 1.807) is 17.0 Å². The first-order chi connectivity index (χ1) is 16.9. The Morgan fingerprint density at radius 1 is 1.11 bits per heavy atom. The van der Waals surface area contributed by atoms with Gasteiger partial charge in [-0.15, -0.1) is 10.2 Å². The molecule has 0 radical (unpaired) electrons. The molecule has 1 aromatic heterocycles. The van der Waals surface area contributed by atoms with Crippen LogP contribution >= 0.6 is 0 Å². The lowest BCUT2D eigenvalue weighted by atomic mass is 10.2. The van der Waals surface area contributed by atoms with Crippen molar-refractivity contribution in [3.63, 3.8) is 0 Å². The second-order valence-corrected chi connectivity index (χ2v) is 8.66. The molecule has 1 aliphatic heterocycles. The number of amides is 1. The van der Waals surface area contributed by atoms with Crippen LogP contribution < -0.4 is 15.2 Å². The van der Waals surface area contributed by atoms with Crippen LogP contribution in [0, 0.1) is 5.82 Å². The molecule has 1 fully saturated rings. The van der Waals surface area contributed by atoms with E-state index in [0.717, 1.165) is 12.1 Å². The molecular weight excluding hydrogens is 449 g/mol. The zero-order valence-corrected chi connectivity index (χ0v) is 20.0. The van der Waals surface area contributed by atoms with E-state index in [2.05, 4.69) is 27.0 Å². The number of benzene rings is 2. The maximum atomic E-state index is 13.1. The van der Waals surface area contributed by atoms with E-state index < -0.39 is 0 Å². The maximum Gasteiger partial charge on any atom is 0.273 e. The summed E-state index contributed by atoms with van der Waals surface area (Å²) in [4.78, 5) is 32.0. The summed E-state index contributed by atoms with van der Waals surface area (Å²) in [5.41, 5.74) is 1.53. The summed E-state index contributed by atoms with van der Waals surface area (Å²) in [5.74, 6) is 0.770. The number of hydrogen-bond acceptors (Lipinski definition) is 6. The van der Waals surface area contributed by atoms with Gasteiger partial charge >= 0.3 is 0 Å². The lowest BCUT2D eigenvalue weighted by molar-refractivity contribution is -0.131. The quantitative estimate of drug-likeness (QED) is 0.532. The highest BCUT2D eigenvalue weighted by atomic mass is 19.1. The van der Waals surface area contributed by atoms with Crippen molar-refractivity contribution in [3.8, 4) is 17.1 Å². The third kappa shape index (κ3) is 6.23. The second-order valence-electron chi connectivity index (χ2n) is 8.66. The van der Waals surface area contributed by atoms with Crippen LogP contribution in [0.25, 0.3) is 11.4 Å². The lowest BCUT2D eigenvalue weighted by Gasteiger charge is -2.36. The molecule has 1 atom stereocenters. The van der Waals surface area contributed by atoms with Gasteiger partial charge in [-0.2, -0.15) is 0 Å². The van der Waals surface area contributed by atoms with Crippen LogP contribution in [0.2, 0.25) is 0 Å². The molecule has 9 heteroatoms. The highest BCUT2D eigenvalue weighted by molar-refractivity contribution is 5.76. The van der Waals surface area contributed by atoms with Crippen molar-refractivity contribution in [1.29, 1.82) is 0 Å². The molecule has 2 heterocycles. The Bertz CT molecular complexity index is 1210. The average molecular weight is 480 g/mol. The summed E-state index contributed by atoms with van der Waals surface area (Å²) < 4.78 is 19.0. The van der Waals surface area contributed by atoms with Crippen molar-refractivity contribution in [2.24, 2.45) is 0 Å². The number of carbonyl (C=O) groups is 1. The van der Waals surface area contributed by atoms with E-state index in [9.17, 15) is 14.0 Å². The van der Waals surface area contributed by atoms with Crippen molar-refractivity contribution in [2.75, 3.05) is 31.1 Å². The highest BCUT2D eigenvalue weighted by Crippen LogP contribution is 2.21. The zero-order valence-electron chi connectivity index (χ0n) is 20.0. The Hall–Kier alpha value is -3.75. The Labute approximate surface area is 203 Å². The van der Waals surface area contributed by atoms with Gasteiger partial charge in [-0.3, -0.25) is 9.59 Å². The van der Waals surface area contributed by atoms with Crippen LogP contribution in [0.1, 0.15) is 32.4 Å². The third-order valence-electron chi connectivity index (χ3n) is 6.18. The van der Waals surface area contributed by atoms with E-state index in [0.29, 0.717) is 43.3 Å². The number of ether oxygens (including phenoxy) is 1. The fourth-order valence-electron chi connectivity index (χ4n) is 3.94. The standard InChI is InChI=1S/C26H30FN5O3/c1-3-18(2)35-22-6-4-5-19(17-22)25-28-26(34)23(29-30-25)11-12-24(33)32-15-13-31(14-16-32)21-9-7-20(27)8-10-21/h4-10,17-18H,3,11-16H2,1-2H3,(H,28,30,34). The van der Waals surface area contributed by atoms with Gasteiger partial charge in [0.05, 0.1) is 6.10 Å². The van der Waals surface area contributed by atoms with Crippen LogP contribution in [-0.4, -0.2) is 58.3 Å². The number of carbonyl (C=O) groups excluding carboxylic acids is 1. The third-order valence-corrected chi connectivity index (χ3v) is 6.18. The molecule has 2 aromatic carbocycles. The van der Waals surface area contributed by atoms with Gasteiger partial charge in [0.15, 0.2) is 5.82 Å². The zero-order chi connectivity index (χ0) is 24.8. The van der Waals surface area contributed by atoms with Crippen molar-refractivity contribution >= 4 is 11.6 Å². The predicted molar refractivity (Wildman–Crippen MR) is 132 cm³/mol. The average Bonchev–Trinajstić information content (AvgIpc) is 2.88. The summed E-state index contributed by atoms with van der Waals surface area (Å²) in [6, 6.07) is 13.7. The molecular formula is C26H30FN5O3. The molecule has 35 heavy (non-hydrogen) atoms. The summed E-state index contributed by atoms with van der Waals surface area (Å²) in [7, 11) is 0. The second kappa shape index (κ2) is 11.1. The van der Waals surface area contributed by atoms with Gasteiger partial charge in [0.2, 0.25) is 5.91 Å². The minimum atomic E-state index is -0.350. The van der Waals surface area contributed by atoms with Crippen molar-refractivity contribution in [3.05, 3.63) is 70.4 Å². The van der Waals surface area contributed by atoms with E-state index in [4.69, 9.17) is 4.74 Å². The summed E-state index contributed by atoms with van der Waals surface area (Å²) >= 11 is 0. The lowest BCUT2D eigenvalue weighted by Crippen LogP contribution is -2.48. The molecule has 1 saturated heterocycles. The molecule has 0 saturated carbocycles. The van der Waals surface area contributed by atoms with Crippen LogP contribution in [0.15, 0.2) is 53.3 Å². The van der Waals surface area contributed by atoms with Gasteiger partial charge in [0, 0.05) is 50.3 Å². The number of aryl methyl sites for hydroxylation is 1. The number of H-pyrrole nitrogens is 1. The minimum Gasteiger partial charge on any atom is -0.491 e. The molecule has 0 aliphatic carbocycles. The molecule has 1 aliphatic rings. The minimum absolute atomic E-state index is 0.0241. The smallest absolute Gasteiger partial charge is 0.273 e. The first-order valence-electron chi connectivity index (χ1n) is 11.9. The largest absolute Gasteiger partial charge is 0.491 e. The number of rotatable bonds is 8. The summed E-state index contributed by atoms with van der Waals surface area (Å²) in [6.07, 6.45) is 1.38. The first kappa shape index (κ1) is 24.4. The molecule has 1 N–H and O–H groups in total.